The summed E-state index contributed by atoms with van der Waals surface area (Å²) < 4.78 is 2.15. The molecule has 0 atom stereocenters. The van der Waals surface area contributed by atoms with Crippen LogP contribution in [-0.2, 0) is 6.54 Å². The van der Waals surface area contributed by atoms with Gasteiger partial charge in [-0.2, -0.15) is 0 Å². The van der Waals surface area contributed by atoms with Crippen molar-refractivity contribution in [1.82, 2.24) is 0 Å². The molecule has 0 saturated heterocycles. The summed E-state index contributed by atoms with van der Waals surface area (Å²) in [6.07, 6.45) is 3.96. The molecule has 2 aromatic carbocycles. The van der Waals surface area contributed by atoms with Crippen LogP contribution in [0.3, 0.4) is 0 Å². The highest BCUT2D eigenvalue weighted by Gasteiger charge is 2.07. The molecule has 0 unspecified atom stereocenters. The van der Waals surface area contributed by atoms with E-state index in [4.69, 9.17) is 0 Å². The highest BCUT2D eigenvalue weighted by atomic mass is 15.0. The summed E-state index contributed by atoms with van der Waals surface area (Å²) in [5, 5.41) is 0. The minimum absolute atomic E-state index is 0.823. The van der Waals surface area contributed by atoms with Crippen LogP contribution < -0.4 is 4.57 Å². The van der Waals surface area contributed by atoms with E-state index < -0.39 is 0 Å². The average Bonchev–Trinajstić information content (AvgIpc) is 2.56. The number of rotatable bonds is 4. The molecule has 102 valence electrons. The second kappa shape index (κ2) is 6.62. The lowest BCUT2D eigenvalue weighted by Crippen LogP contribution is -2.33. The highest BCUT2D eigenvalue weighted by molar-refractivity contribution is 5.81. The molecule has 2 nitrogen and oxygen atoms in total. The van der Waals surface area contributed by atoms with Gasteiger partial charge in [0.1, 0.15) is 12.8 Å². The molecule has 0 radical (unpaired) electrons. The van der Waals surface area contributed by atoms with Crippen molar-refractivity contribution in [3.8, 4) is 0 Å². The van der Waals surface area contributed by atoms with Gasteiger partial charge in [0.05, 0.1) is 6.20 Å². The van der Waals surface area contributed by atoms with Crippen molar-refractivity contribution in [2.45, 2.75) is 6.54 Å². The molecule has 3 aromatic rings. The Morgan fingerprint density at radius 2 is 1.43 bits per heavy atom. The molecule has 0 saturated carbocycles. The Balaban J connectivity index is 1.84. The maximum atomic E-state index is 4.61. The lowest BCUT2D eigenvalue weighted by Gasteiger charge is -2.02. The molecule has 0 aliphatic carbocycles. The first-order valence-corrected chi connectivity index (χ1v) is 7.03. The molecule has 0 spiro atoms. The second-order valence-corrected chi connectivity index (χ2v) is 4.84. The van der Waals surface area contributed by atoms with E-state index in [0.717, 1.165) is 17.9 Å². The van der Waals surface area contributed by atoms with Crippen LogP contribution in [-0.4, -0.2) is 6.21 Å². The zero-order valence-corrected chi connectivity index (χ0v) is 11.8. The Bertz CT molecular complexity index is 719. The third-order valence-corrected chi connectivity index (χ3v) is 3.26. The van der Waals surface area contributed by atoms with E-state index in [1.165, 1.54) is 5.56 Å². The maximum absolute atomic E-state index is 4.61. The Morgan fingerprint density at radius 1 is 0.762 bits per heavy atom. The normalized spacial score (nSPS) is 10.9. The number of aromatic nitrogens is 1. The molecule has 0 bridgehead atoms. The predicted octanol–water partition coefficient (Wildman–Crippen LogP) is 3.77. The molecule has 0 N–H and O–H groups in total. The standard InChI is InChI=1S/C19H17N2/c1-3-9-17(10-4-1)15-20-19-13-7-8-14-21(19)16-18-11-5-2-6-12-18/h1-15H,16H2/q+1. The SMILES string of the molecule is C(=N\c1cccc[n+]1Cc1ccccc1)/c1ccccc1. The fourth-order valence-electron chi connectivity index (χ4n) is 2.18. The van der Waals surface area contributed by atoms with E-state index in [-0.39, 0.29) is 0 Å². The van der Waals surface area contributed by atoms with Crippen LogP contribution in [0.15, 0.2) is 90.1 Å². The number of hydrogen-bond acceptors (Lipinski definition) is 1. The van der Waals surface area contributed by atoms with Gasteiger partial charge in [-0.15, -0.1) is 0 Å². The molecular weight excluding hydrogens is 256 g/mol. The molecule has 0 fully saturated rings. The summed E-state index contributed by atoms with van der Waals surface area (Å²) in [7, 11) is 0. The monoisotopic (exact) mass is 273 g/mol. The number of benzene rings is 2. The van der Waals surface area contributed by atoms with E-state index in [1.54, 1.807) is 0 Å². The fourth-order valence-corrected chi connectivity index (χ4v) is 2.18. The second-order valence-electron chi connectivity index (χ2n) is 4.84. The van der Waals surface area contributed by atoms with Gasteiger partial charge in [-0.05, 0) is 16.6 Å². The van der Waals surface area contributed by atoms with Crippen LogP contribution >= 0.6 is 0 Å². The molecule has 1 heterocycles. The van der Waals surface area contributed by atoms with Crippen molar-refractivity contribution in [2.24, 2.45) is 4.99 Å². The lowest BCUT2D eigenvalue weighted by molar-refractivity contribution is -0.675. The predicted molar refractivity (Wildman–Crippen MR) is 85.9 cm³/mol. The summed E-state index contributed by atoms with van der Waals surface area (Å²) in [5.74, 6) is 0.949. The Morgan fingerprint density at radius 3 is 2.19 bits per heavy atom. The summed E-state index contributed by atoms with van der Waals surface area (Å²) in [6.45, 7) is 0.823. The van der Waals surface area contributed by atoms with Crippen LogP contribution in [0.1, 0.15) is 11.1 Å². The van der Waals surface area contributed by atoms with E-state index >= 15 is 0 Å². The maximum Gasteiger partial charge on any atom is 0.323 e. The van der Waals surface area contributed by atoms with E-state index in [9.17, 15) is 0 Å². The first-order valence-electron chi connectivity index (χ1n) is 7.03. The quantitative estimate of drug-likeness (QED) is 0.508. The molecule has 3 rings (SSSR count). The fraction of sp³-hybridized carbons (Fsp3) is 0.0526. The Hall–Kier alpha value is -2.74. The first-order chi connectivity index (χ1) is 10.4. The van der Waals surface area contributed by atoms with Gasteiger partial charge < -0.3 is 0 Å². The van der Waals surface area contributed by atoms with E-state index in [1.807, 2.05) is 60.8 Å². The average molecular weight is 273 g/mol. The number of hydrogen-bond donors (Lipinski definition) is 0. The van der Waals surface area contributed by atoms with Crippen LogP contribution in [0.2, 0.25) is 0 Å². The van der Waals surface area contributed by atoms with Crippen LogP contribution in [0.5, 0.6) is 0 Å². The van der Waals surface area contributed by atoms with Gasteiger partial charge in [0.15, 0.2) is 0 Å². The Kier molecular flexibility index (Phi) is 4.18. The van der Waals surface area contributed by atoms with Gasteiger partial charge in [-0.3, -0.25) is 0 Å². The van der Waals surface area contributed by atoms with Crippen molar-refractivity contribution >= 4 is 12.0 Å². The van der Waals surface area contributed by atoms with Gasteiger partial charge >= 0.3 is 5.82 Å². The third-order valence-electron chi connectivity index (χ3n) is 3.26. The molecule has 21 heavy (non-hydrogen) atoms. The zero-order valence-electron chi connectivity index (χ0n) is 11.8. The molecule has 1 aromatic heterocycles. The lowest BCUT2D eigenvalue weighted by atomic mass is 10.2. The van der Waals surface area contributed by atoms with Crippen molar-refractivity contribution in [3.05, 3.63) is 96.2 Å². The number of nitrogens with zero attached hydrogens (tertiary/aromatic N) is 2. The summed E-state index contributed by atoms with van der Waals surface area (Å²) >= 11 is 0. The largest absolute Gasteiger partial charge is 0.323 e. The molecule has 0 amide bonds. The van der Waals surface area contributed by atoms with Crippen LogP contribution in [0, 0.1) is 0 Å². The van der Waals surface area contributed by atoms with Crippen molar-refractivity contribution in [3.63, 3.8) is 0 Å². The highest BCUT2D eigenvalue weighted by Crippen LogP contribution is 2.07. The number of aliphatic imine (C=N–C) groups is 1. The molecule has 0 aliphatic rings. The third kappa shape index (κ3) is 3.63. The van der Waals surface area contributed by atoms with Gasteiger partial charge in [-0.25, -0.2) is 4.57 Å². The van der Waals surface area contributed by atoms with Gasteiger partial charge in [0.2, 0.25) is 0 Å². The van der Waals surface area contributed by atoms with Crippen LogP contribution in [0.25, 0.3) is 0 Å². The molecule has 2 heteroatoms. The van der Waals surface area contributed by atoms with Gasteiger partial charge in [0.25, 0.3) is 0 Å². The molecular formula is C19H17N2+. The summed E-state index contributed by atoms with van der Waals surface area (Å²) in [6, 6.07) is 26.6. The number of pyridine rings is 1. The minimum atomic E-state index is 0.823. The van der Waals surface area contributed by atoms with Gasteiger partial charge in [0, 0.05) is 11.6 Å². The van der Waals surface area contributed by atoms with E-state index in [2.05, 4.69) is 40.0 Å². The Labute approximate surface area is 125 Å². The van der Waals surface area contributed by atoms with Gasteiger partial charge in [-0.1, -0.05) is 66.7 Å². The van der Waals surface area contributed by atoms with Crippen molar-refractivity contribution in [2.75, 3.05) is 0 Å². The van der Waals surface area contributed by atoms with Crippen molar-refractivity contribution < 1.29 is 4.57 Å². The summed E-state index contributed by atoms with van der Waals surface area (Å²) in [5.41, 5.74) is 2.37. The first kappa shape index (κ1) is 13.3. The van der Waals surface area contributed by atoms with E-state index in [0.29, 0.717) is 0 Å². The minimum Gasteiger partial charge on any atom is -0.227 e. The van der Waals surface area contributed by atoms with Crippen LogP contribution in [0.4, 0.5) is 5.82 Å². The van der Waals surface area contributed by atoms with Crippen molar-refractivity contribution in [1.29, 1.82) is 0 Å². The summed E-state index contributed by atoms with van der Waals surface area (Å²) in [4.78, 5) is 4.61. The zero-order chi connectivity index (χ0) is 14.3. The molecule has 0 aliphatic heterocycles. The smallest absolute Gasteiger partial charge is 0.227 e. The topological polar surface area (TPSA) is 16.2 Å².